The van der Waals surface area contributed by atoms with E-state index in [2.05, 4.69) is 0 Å². The number of hydrogen-bond donors (Lipinski definition) is 0. The predicted molar refractivity (Wildman–Crippen MR) is 145 cm³/mol. The average Bonchev–Trinajstić information content (AvgIpc) is 3.42. The number of carbonyl (C=O) groups is 2. The van der Waals surface area contributed by atoms with Crippen LogP contribution in [-0.2, 0) is 17.8 Å². The predicted octanol–water partition coefficient (Wildman–Crippen LogP) is 5.59. The SMILES string of the molecule is CCC(C)N(CC(=O)N(CCc1ccc(OC)c(OC)c1)Cc1cccs1)C(=O)c1ccc(C)cc1. The van der Waals surface area contributed by atoms with E-state index < -0.39 is 0 Å². The molecule has 36 heavy (non-hydrogen) atoms. The number of benzene rings is 2. The summed E-state index contributed by atoms with van der Waals surface area (Å²) in [6, 6.07) is 17.3. The highest BCUT2D eigenvalue weighted by Crippen LogP contribution is 2.28. The van der Waals surface area contributed by atoms with E-state index in [0.717, 1.165) is 22.4 Å². The number of ether oxygens (including phenoxy) is 2. The lowest BCUT2D eigenvalue weighted by atomic mass is 10.1. The molecule has 2 aromatic carbocycles. The number of aryl methyl sites for hydroxylation is 1. The summed E-state index contributed by atoms with van der Waals surface area (Å²) in [6.07, 6.45) is 1.42. The Morgan fingerprint density at radius 2 is 1.72 bits per heavy atom. The summed E-state index contributed by atoms with van der Waals surface area (Å²) in [5.41, 5.74) is 2.74. The largest absolute Gasteiger partial charge is 0.493 e. The summed E-state index contributed by atoms with van der Waals surface area (Å²) in [6.45, 7) is 7.10. The van der Waals surface area contributed by atoms with Gasteiger partial charge < -0.3 is 19.3 Å². The third kappa shape index (κ3) is 7.10. The van der Waals surface area contributed by atoms with Crippen molar-refractivity contribution in [3.63, 3.8) is 0 Å². The van der Waals surface area contributed by atoms with Crippen LogP contribution in [0.1, 0.15) is 46.6 Å². The first-order valence-corrected chi connectivity index (χ1v) is 13.1. The topological polar surface area (TPSA) is 59.1 Å². The smallest absolute Gasteiger partial charge is 0.254 e. The fourth-order valence-corrected chi connectivity index (χ4v) is 4.66. The molecule has 0 saturated carbocycles. The Morgan fingerprint density at radius 1 is 1.00 bits per heavy atom. The summed E-state index contributed by atoms with van der Waals surface area (Å²) < 4.78 is 10.8. The zero-order chi connectivity index (χ0) is 26.1. The van der Waals surface area contributed by atoms with E-state index in [-0.39, 0.29) is 24.4 Å². The van der Waals surface area contributed by atoms with Crippen LogP contribution >= 0.6 is 11.3 Å². The molecule has 2 amide bonds. The van der Waals surface area contributed by atoms with E-state index in [1.807, 2.05) is 85.6 Å². The average molecular weight is 509 g/mol. The Kier molecular flexibility index (Phi) is 9.94. The number of rotatable bonds is 12. The molecular weight excluding hydrogens is 472 g/mol. The molecule has 0 N–H and O–H groups in total. The second-order valence-corrected chi connectivity index (χ2v) is 9.92. The van der Waals surface area contributed by atoms with Gasteiger partial charge >= 0.3 is 0 Å². The number of amides is 2. The van der Waals surface area contributed by atoms with Crippen LogP contribution in [0.4, 0.5) is 0 Å². The van der Waals surface area contributed by atoms with Gasteiger partial charge in [-0.3, -0.25) is 9.59 Å². The summed E-state index contributed by atoms with van der Waals surface area (Å²) >= 11 is 1.62. The minimum Gasteiger partial charge on any atom is -0.493 e. The Labute approximate surface area is 218 Å². The van der Waals surface area contributed by atoms with E-state index in [9.17, 15) is 9.59 Å². The fourth-order valence-electron chi connectivity index (χ4n) is 3.94. The highest BCUT2D eigenvalue weighted by molar-refractivity contribution is 7.09. The van der Waals surface area contributed by atoms with Gasteiger partial charge in [0.1, 0.15) is 6.54 Å². The Balaban J connectivity index is 1.79. The fraction of sp³-hybridized carbons (Fsp3) is 0.379. The summed E-state index contributed by atoms with van der Waals surface area (Å²) in [5.74, 6) is 1.16. The summed E-state index contributed by atoms with van der Waals surface area (Å²) in [7, 11) is 3.22. The molecule has 0 aliphatic rings. The third-order valence-corrected chi connectivity index (χ3v) is 7.25. The Hall–Kier alpha value is -3.32. The summed E-state index contributed by atoms with van der Waals surface area (Å²) in [5, 5.41) is 2.01. The van der Waals surface area contributed by atoms with Crippen molar-refractivity contribution in [1.29, 1.82) is 0 Å². The molecule has 0 aliphatic carbocycles. The molecule has 1 unspecified atom stereocenters. The first-order chi connectivity index (χ1) is 17.4. The van der Waals surface area contributed by atoms with Crippen LogP contribution in [0.5, 0.6) is 11.5 Å². The maximum atomic E-state index is 13.6. The van der Waals surface area contributed by atoms with Crippen molar-refractivity contribution in [3.8, 4) is 11.5 Å². The van der Waals surface area contributed by atoms with E-state index in [0.29, 0.717) is 36.6 Å². The van der Waals surface area contributed by atoms with Crippen molar-refractivity contribution >= 4 is 23.2 Å². The Bertz CT molecular complexity index is 1130. The third-order valence-electron chi connectivity index (χ3n) is 6.39. The van der Waals surface area contributed by atoms with Crippen molar-refractivity contribution in [2.75, 3.05) is 27.3 Å². The van der Waals surface area contributed by atoms with Gasteiger partial charge in [-0.05, 0) is 68.0 Å². The number of hydrogen-bond acceptors (Lipinski definition) is 5. The van der Waals surface area contributed by atoms with Crippen LogP contribution in [0, 0.1) is 6.92 Å². The van der Waals surface area contributed by atoms with Crippen molar-refractivity contribution in [3.05, 3.63) is 81.5 Å². The number of carbonyl (C=O) groups excluding carboxylic acids is 2. The van der Waals surface area contributed by atoms with Gasteiger partial charge in [0.15, 0.2) is 11.5 Å². The van der Waals surface area contributed by atoms with E-state index >= 15 is 0 Å². The van der Waals surface area contributed by atoms with Crippen LogP contribution in [0.15, 0.2) is 60.0 Å². The number of thiophene rings is 1. The molecule has 7 heteroatoms. The van der Waals surface area contributed by atoms with Crippen molar-refractivity contribution in [2.24, 2.45) is 0 Å². The lowest BCUT2D eigenvalue weighted by Gasteiger charge is -2.31. The van der Waals surface area contributed by atoms with Gasteiger partial charge in [-0.25, -0.2) is 0 Å². The maximum absolute atomic E-state index is 13.6. The molecule has 3 rings (SSSR count). The minimum absolute atomic E-state index is 0.0407. The van der Waals surface area contributed by atoms with Crippen LogP contribution in [0.3, 0.4) is 0 Å². The normalized spacial score (nSPS) is 11.6. The molecule has 1 heterocycles. The van der Waals surface area contributed by atoms with Crippen LogP contribution in [-0.4, -0.2) is 55.0 Å². The molecule has 1 atom stereocenters. The lowest BCUT2D eigenvalue weighted by molar-refractivity contribution is -0.132. The lowest BCUT2D eigenvalue weighted by Crippen LogP contribution is -2.46. The quantitative estimate of drug-likeness (QED) is 0.320. The van der Waals surface area contributed by atoms with Crippen molar-refractivity contribution < 1.29 is 19.1 Å². The van der Waals surface area contributed by atoms with Gasteiger partial charge in [-0.15, -0.1) is 11.3 Å². The van der Waals surface area contributed by atoms with Gasteiger partial charge in [0.2, 0.25) is 5.91 Å². The molecule has 3 aromatic rings. The zero-order valence-corrected chi connectivity index (χ0v) is 22.6. The molecule has 192 valence electrons. The second kappa shape index (κ2) is 13.1. The Morgan fingerprint density at radius 3 is 2.33 bits per heavy atom. The van der Waals surface area contributed by atoms with Crippen molar-refractivity contribution in [1.82, 2.24) is 9.80 Å². The minimum atomic E-state index is -0.117. The molecule has 0 spiro atoms. The maximum Gasteiger partial charge on any atom is 0.254 e. The molecule has 0 fully saturated rings. The molecule has 0 bridgehead atoms. The molecule has 1 aromatic heterocycles. The van der Waals surface area contributed by atoms with Gasteiger partial charge in [-0.1, -0.05) is 36.8 Å². The number of methoxy groups -OCH3 is 2. The molecule has 0 aliphatic heterocycles. The molecule has 0 radical (unpaired) electrons. The van der Waals surface area contributed by atoms with E-state index in [4.69, 9.17) is 9.47 Å². The first-order valence-electron chi connectivity index (χ1n) is 12.2. The monoisotopic (exact) mass is 508 g/mol. The van der Waals surface area contributed by atoms with E-state index in [1.165, 1.54) is 0 Å². The standard InChI is InChI=1S/C29H36N2O4S/c1-6-22(3)31(29(33)24-12-9-21(2)10-13-24)20-28(32)30(19-25-8-7-17-36-25)16-15-23-11-14-26(34-4)27(18-23)35-5/h7-14,17-18,22H,6,15-16,19-20H2,1-5H3. The van der Waals surface area contributed by atoms with Crippen LogP contribution in [0.25, 0.3) is 0 Å². The second-order valence-electron chi connectivity index (χ2n) is 8.89. The molecular formula is C29H36N2O4S. The highest BCUT2D eigenvalue weighted by Gasteiger charge is 2.26. The van der Waals surface area contributed by atoms with Gasteiger partial charge in [0, 0.05) is 23.0 Å². The molecule has 0 saturated heterocycles. The van der Waals surface area contributed by atoms with Crippen LogP contribution in [0.2, 0.25) is 0 Å². The van der Waals surface area contributed by atoms with E-state index in [1.54, 1.807) is 30.5 Å². The van der Waals surface area contributed by atoms with Crippen molar-refractivity contribution in [2.45, 2.75) is 46.2 Å². The van der Waals surface area contributed by atoms with Crippen LogP contribution < -0.4 is 9.47 Å². The zero-order valence-electron chi connectivity index (χ0n) is 21.8. The van der Waals surface area contributed by atoms with Gasteiger partial charge in [-0.2, -0.15) is 0 Å². The molecule has 6 nitrogen and oxygen atoms in total. The first kappa shape index (κ1) is 27.3. The number of nitrogens with zero attached hydrogens (tertiary/aromatic N) is 2. The van der Waals surface area contributed by atoms with Gasteiger partial charge in [0.25, 0.3) is 5.91 Å². The van der Waals surface area contributed by atoms with Gasteiger partial charge in [0.05, 0.1) is 20.8 Å². The highest BCUT2D eigenvalue weighted by atomic mass is 32.1. The summed E-state index contributed by atoms with van der Waals surface area (Å²) in [4.78, 5) is 31.7.